The van der Waals surface area contributed by atoms with Crippen molar-refractivity contribution in [3.63, 3.8) is 0 Å². The van der Waals surface area contributed by atoms with Crippen molar-refractivity contribution in [3.05, 3.63) is 59.2 Å². The van der Waals surface area contributed by atoms with Crippen LogP contribution in [0.2, 0.25) is 0 Å². The fourth-order valence-corrected chi connectivity index (χ4v) is 3.05. The summed E-state index contributed by atoms with van der Waals surface area (Å²) in [6, 6.07) is 11.3. The van der Waals surface area contributed by atoms with E-state index in [0.717, 1.165) is 6.07 Å². The Morgan fingerprint density at radius 3 is 2.36 bits per heavy atom. The van der Waals surface area contributed by atoms with Crippen molar-refractivity contribution < 1.29 is 22.7 Å². The number of nitrogens with two attached hydrogens (primary N) is 1. The highest BCUT2D eigenvalue weighted by Crippen LogP contribution is 2.20. The SMILES string of the molecule is Cc1cc(C(=O)OCC(=O)Nc2ccccc2)cc(S(N)(=O)=O)c1C. The molecule has 0 bridgehead atoms. The molecule has 2 aromatic carbocycles. The zero-order valence-electron chi connectivity index (χ0n) is 13.8. The number of esters is 1. The van der Waals surface area contributed by atoms with Gasteiger partial charge in [-0.15, -0.1) is 0 Å². The average Bonchev–Trinajstić information content (AvgIpc) is 2.54. The van der Waals surface area contributed by atoms with Crippen molar-refractivity contribution in [1.82, 2.24) is 0 Å². The fraction of sp³-hybridized carbons (Fsp3) is 0.176. The third kappa shape index (κ3) is 4.88. The van der Waals surface area contributed by atoms with E-state index in [1.54, 1.807) is 44.2 Å². The first kappa shape index (κ1) is 18.6. The Balaban J connectivity index is 2.08. The predicted octanol–water partition coefficient (Wildman–Crippen LogP) is 1.75. The van der Waals surface area contributed by atoms with Gasteiger partial charge < -0.3 is 10.1 Å². The quantitative estimate of drug-likeness (QED) is 0.786. The van der Waals surface area contributed by atoms with Crippen LogP contribution in [-0.2, 0) is 19.6 Å². The van der Waals surface area contributed by atoms with Crippen molar-refractivity contribution in [2.24, 2.45) is 5.14 Å². The number of benzene rings is 2. The first-order valence-corrected chi connectivity index (χ1v) is 8.89. The Bertz CT molecular complexity index is 908. The largest absolute Gasteiger partial charge is 0.452 e. The Kier molecular flexibility index (Phi) is 5.55. The molecule has 132 valence electrons. The van der Waals surface area contributed by atoms with E-state index in [1.165, 1.54) is 6.07 Å². The molecule has 0 heterocycles. The van der Waals surface area contributed by atoms with Crippen LogP contribution in [-0.4, -0.2) is 26.9 Å². The predicted molar refractivity (Wildman–Crippen MR) is 92.6 cm³/mol. The Hall–Kier alpha value is -2.71. The second-order valence-corrected chi connectivity index (χ2v) is 6.98. The van der Waals surface area contributed by atoms with Gasteiger partial charge in [-0.3, -0.25) is 4.79 Å². The summed E-state index contributed by atoms with van der Waals surface area (Å²) in [6.07, 6.45) is 0. The van der Waals surface area contributed by atoms with Gasteiger partial charge in [-0.25, -0.2) is 18.4 Å². The van der Waals surface area contributed by atoms with E-state index in [1.807, 2.05) is 0 Å². The normalized spacial score (nSPS) is 11.0. The van der Waals surface area contributed by atoms with Gasteiger partial charge in [0.05, 0.1) is 10.5 Å². The van der Waals surface area contributed by atoms with Crippen LogP contribution in [0.1, 0.15) is 21.5 Å². The molecule has 2 rings (SSSR count). The Morgan fingerprint density at radius 2 is 1.76 bits per heavy atom. The van der Waals surface area contributed by atoms with Gasteiger partial charge in [-0.2, -0.15) is 0 Å². The highest BCUT2D eigenvalue weighted by atomic mass is 32.2. The summed E-state index contributed by atoms with van der Waals surface area (Å²) in [5.74, 6) is -1.31. The minimum absolute atomic E-state index is 0.0136. The first-order chi connectivity index (χ1) is 11.7. The second-order valence-electron chi connectivity index (χ2n) is 5.45. The number of amides is 1. The van der Waals surface area contributed by atoms with E-state index in [4.69, 9.17) is 9.88 Å². The van der Waals surface area contributed by atoms with Crippen molar-refractivity contribution in [2.45, 2.75) is 18.7 Å². The van der Waals surface area contributed by atoms with E-state index >= 15 is 0 Å². The van der Waals surface area contributed by atoms with Crippen LogP contribution in [0.3, 0.4) is 0 Å². The molecule has 0 saturated heterocycles. The molecule has 8 heteroatoms. The molecular formula is C17H18N2O5S. The summed E-state index contributed by atoms with van der Waals surface area (Å²) >= 11 is 0. The molecule has 0 fully saturated rings. The number of carbonyl (C=O) groups excluding carboxylic acids is 2. The summed E-state index contributed by atoms with van der Waals surface area (Å²) < 4.78 is 28.2. The third-order valence-corrected chi connectivity index (χ3v) is 4.59. The number of aryl methyl sites for hydroxylation is 1. The van der Waals surface area contributed by atoms with Crippen LogP contribution in [0.15, 0.2) is 47.4 Å². The smallest absolute Gasteiger partial charge is 0.338 e. The fourth-order valence-electron chi connectivity index (χ4n) is 2.17. The van der Waals surface area contributed by atoms with Gasteiger partial charge in [0.25, 0.3) is 5.91 Å². The van der Waals surface area contributed by atoms with E-state index < -0.39 is 28.5 Å². The molecule has 0 aliphatic carbocycles. The second kappa shape index (κ2) is 7.45. The minimum Gasteiger partial charge on any atom is -0.452 e. The monoisotopic (exact) mass is 362 g/mol. The molecule has 7 nitrogen and oxygen atoms in total. The van der Waals surface area contributed by atoms with Gasteiger partial charge in [-0.1, -0.05) is 18.2 Å². The number of ether oxygens (including phenoxy) is 1. The standard InChI is InChI=1S/C17H18N2O5S/c1-11-8-13(9-15(12(11)2)25(18,22)23)17(21)24-10-16(20)19-14-6-4-3-5-7-14/h3-9H,10H2,1-2H3,(H,19,20)(H2,18,22,23). The van der Waals surface area contributed by atoms with Gasteiger partial charge in [0.2, 0.25) is 10.0 Å². The van der Waals surface area contributed by atoms with Crippen molar-refractivity contribution in [1.29, 1.82) is 0 Å². The lowest BCUT2D eigenvalue weighted by molar-refractivity contribution is -0.119. The molecule has 0 aliphatic rings. The summed E-state index contributed by atoms with van der Waals surface area (Å²) in [5.41, 5.74) is 1.62. The van der Waals surface area contributed by atoms with Crippen molar-refractivity contribution in [2.75, 3.05) is 11.9 Å². The van der Waals surface area contributed by atoms with Gasteiger partial charge in [0.15, 0.2) is 6.61 Å². The molecule has 0 unspecified atom stereocenters. The molecule has 2 aromatic rings. The number of rotatable bonds is 5. The summed E-state index contributed by atoms with van der Waals surface area (Å²) in [7, 11) is -3.97. The summed E-state index contributed by atoms with van der Waals surface area (Å²) in [5, 5.41) is 7.73. The van der Waals surface area contributed by atoms with E-state index in [9.17, 15) is 18.0 Å². The van der Waals surface area contributed by atoms with Crippen LogP contribution in [0, 0.1) is 13.8 Å². The van der Waals surface area contributed by atoms with Crippen LogP contribution >= 0.6 is 0 Å². The van der Waals surface area contributed by atoms with Gasteiger partial charge in [0, 0.05) is 5.69 Å². The Morgan fingerprint density at radius 1 is 1.12 bits per heavy atom. The maximum atomic E-state index is 12.1. The molecule has 0 aromatic heterocycles. The van der Waals surface area contributed by atoms with Gasteiger partial charge in [0.1, 0.15) is 0 Å². The number of nitrogens with one attached hydrogen (secondary N) is 1. The molecule has 0 radical (unpaired) electrons. The number of anilines is 1. The van der Waals surface area contributed by atoms with Crippen molar-refractivity contribution >= 4 is 27.6 Å². The number of hydrogen-bond donors (Lipinski definition) is 2. The number of hydrogen-bond acceptors (Lipinski definition) is 5. The lowest BCUT2D eigenvalue weighted by Gasteiger charge is -2.11. The lowest BCUT2D eigenvalue weighted by Crippen LogP contribution is -2.21. The molecule has 0 atom stereocenters. The van der Waals surface area contributed by atoms with Crippen LogP contribution in [0.4, 0.5) is 5.69 Å². The van der Waals surface area contributed by atoms with Gasteiger partial charge in [-0.05, 0) is 49.2 Å². The highest BCUT2D eigenvalue weighted by molar-refractivity contribution is 7.89. The van der Waals surface area contributed by atoms with E-state index in [-0.39, 0.29) is 10.5 Å². The van der Waals surface area contributed by atoms with Crippen LogP contribution in [0.5, 0.6) is 0 Å². The summed E-state index contributed by atoms with van der Waals surface area (Å²) in [6.45, 7) is 2.76. The lowest BCUT2D eigenvalue weighted by atomic mass is 10.1. The molecule has 0 spiro atoms. The van der Waals surface area contributed by atoms with Crippen LogP contribution < -0.4 is 10.5 Å². The molecule has 25 heavy (non-hydrogen) atoms. The topological polar surface area (TPSA) is 116 Å². The average molecular weight is 362 g/mol. The van der Waals surface area contributed by atoms with Crippen molar-refractivity contribution in [3.8, 4) is 0 Å². The maximum absolute atomic E-state index is 12.1. The molecule has 1 amide bonds. The van der Waals surface area contributed by atoms with E-state index in [2.05, 4.69) is 5.32 Å². The number of carbonyl (C=O) groups is 2. The molecule has 0 aliphatic heterocycles. The van der Waals surface area contributed by atoms with Gasteiger partial charge >= 0.3 is 5.97 Å². The number of primary sulfonamides is 1. The zero-order valence-corrected chi connectivity index (χ0v) is 14.6. The third-order valence-electron chi connectivity index (χ3n) is 3.55. The first-order valence-electron chi connectivity index (χ1n) is 7.34. The maximum Gasteiger partial charge on any atom is 0.338 e. The number of sulfonamides is 1. The number of para-hydroxylation sites is 1. The summed E-state index contributed by atoms with van der Waals surface area (Å²) in [4.78, 5) is 23.8. The zero-order chi connectivity index (χ0) is 18.6. The van der Waals surface area contributed by atoms with Crippen LogP contribution in [0.25, 0.3) is 0 Å². The minimum atomic E-state index is -3.97. The van der Waals surface area contributed by atoms with E-state index in [0.29, 0.717) is 16.8 Å². The Labute approximate surface area is 145 Å². The highest BCUT2D eigenvalue weighted by Gasteiger charge is 2.18. The molecular weight excluding hydrogens is 344 g/mol. The molecule has 0 saturated carbocycles. The molecule has 3 N–H and O–H groups in total.